The Morgan fingerprint density at radius 3 is 2.26 bits per heavy atom. The van der Waals surface area contributed by atoms with Gasteiger partial charge in [-0.15, -0.1) is 0 Å². The minimum absolute atomic E-state index is 0.00439. The standard InChI is InChI=1S/C25H34N2O3Si/c1-25(2,3)31(5,6)30-18-23-16-22(26-29-4)17-27(23)24(28)21-14-12-20(13-15-21)19-10-8-7-9-11-19/h7-15,23H,16-18H2,1-6H3/t23-/m0/s1. The largest absolute Gasteiger partial charge is 0.415 e. The molecule has 0 unspecified atom stereocenters. The normalized spacial score (nSPS) is 18.5. The van der Waals surface area contributed by atoms with E-state index >= 15 is 0 Å². The van der Waals surface area contributed by atoms with Crippen molar-refractivity contribution < 1.29 is 14.1 Å². The molecule has 1 fully saturated rings. The van der Waals surface area contributed by atoms with Crippen LogP contribution in [0.1, 0.15) is 37.6 Å². The third-order valence-corrected chi connectivity index (χ3v) is 10.9. The molecule has 0 spiro atoms. The highest BCUT2D eigenvalue weighted by molar-refractivity contribution is 6.74. The number of hydrogen-bond donors (Lipinski definition) is 0. The highest BCUT2D eigenvalue weighted by Crippen LogP contribution is 2.37. The van der Waals surface area contributed by atoms with Crippen LogP contribution in [0.5, 0.6) is 0 Å². The van der Waals surface area contributed by atoms with Crippen LogP contribution in [0.3, 0.4) is 0 Å². The van der Waals surface area contributed by atoms with Crippen LogP contribution in [0.15, 0.2) is 59.8 Å². The zero-order valence-electron chi connectivity index (χ0n) is 19.5. The summed E-state index contributed by atoms with van der Waals surface area (Å²) in [5.41, 5.74) is 3.78. The van der Waals surface area contributed by atoms with Gasteiger partial charge in [-0.2, -0.15) is 0 Å². The molecule has 1 amide bonds. The summed E-state index contributed by atoms with van der Waals surface area (Å²) in [5.74, 6) is 0.00439. The first-order valence-corrected chi connectivity index (χ1v) is 13.7. The number of amides is 1. The lowest BCUT2D eigenvalue weighted by Crippen LogP contribution is -2.46. The second-order valence-corrected chi connectivity index (χ2v) is 14.5. The fraction of sp³-hybridized carbons (Fsp3) is 0.440. The first-order chi connectivity index (χ1) is 14.6. The Balaban J connectivity index is 1.77. The molecule has 31 heavy (non-hydrogen) atoms. The second kappa shape index (κ2) is 9.36. The van der Waals surface area contributed by atoms with Crippen LogP contribution in [0.2, 0.25) is 18.1 Å². The highest BCUT2D eigenvalue weighted by atomic mass is 28.4. The van der Waals surface area contributed by atoms with Crippen LogP contribution in [0.25, 0.3) is 11.1 Å². The van der Waals surface area contributed by atoms with Crippen LogP contribution >= 0.6 is 0 Å². The van der Waals surface area contributed by atoms with Gasteiger partial charge in [-0.1, -0.05) is 68.4 Å². The van der Waals surface area contributed by atoms with Gasteiger partial charge in [-0.3, -0.25) is 4.79 Å². The van der Waals surface area contributed by atoms with Crippen LogP contribution in [-0.4, -0.2) is 51.1 Å². The summed E-state index contributed by atoms with van der Waals surface area (Å²) in [6.45, 7) is 12.1. The van der Waals surface area contributed by atoms with E-state index in [0.29, 0.717) is 25.1 Å². The molecule has 0 saturated carbocycles. The first-order valence-electron chi connectivity index (χ1n) is 10.8. The number of hydrogen-bond acceptors (Lipinski definition) is 4. The van der Waals surface area contributed by atoms with Crippen molar-refractivity contribution in [1.29, 1.82) is 0 Å². The molecule has 166 valence electrons. The molecule has 0 N–H and O–H groups in total. The molecule has 0 aromatic heterocycles. The average molecular weight is 439 g/mol. The maximum absolute atomic E-state index is 13.4. The summed E-state index contributed by atoms with van der Waals surface area (Å²) < 4.78 is 6.45. The van der Waals surface area contributed by atoms with Crippen molar-refractivity contribution >= 4 is 19.9 Å². The van der Waals surface area contributed by atoms with E-state index in [1.54, 1.807) is 7.11 Å². The Hall–Kier alpha value is -2.44. The summed E-state index contributed by atoms with van der Waals surface area (Å²) in [7, 11) is -0.368. The van der Waals surface area contributed by atoms with Crippen LogP contribution in [0, 0.1) is 0 Å². The number of rotatable bonds is 6. The molecule has 1 aliphatic heterocycles. The van der Waals surface area contributed by atoms with Crippen molar-refractivity contribution in [3.63, 3.8) is 0 Å². The van der Waals surface area contributed by atoms with Gasteiger partial charge in [0.2, 0.25) is 0 Å². The molecule has 1 heterocycles. The maximum Gasteiger partial charge on any atom is 0.254 e. The van der Waals surface area contributed by atoms with E-state index in [0.717, 1.165) is 16.8 Å². The third kappa shape index (κ3) is 5.43. The molecule has 2 aromatic carbocycles. The number of carbonyl (C=O) groups is 1. The minimum atomic E-state index is -1.91. The lowest BCUT2D eigenvalue weighted by atomic mass is 10.0. The number of likely N-dealkylation sites (tertiary alicyclic amines) is 1. The fourth-order valence-corrected chi connectivity index (χ4v) is 4.52. The van der Waals surface area contributed by atoms with Crippen molar-refractivity contribution in [2.24, 2.45) is 5.16 Å². The number of benzene rings is 2. The van der Waals surface area contributed by atoms with Crippen molar-refractivity contribution in [2.75, 3.05) is 20.3 Å². The topological polar surface area (TPSA) is 51.1 Å². The monoisotopic (exact) mass is 438 g/mol. The van der Waals surface area contributed by atoms with Gasteiger partial charge in [0.1, 0.15) is 7.11 Å². The smallest absolute Gasteiger partial charge is 0.254 e. The van der Waals surface area contributed by atoms with Crippen molar-refractivity contribution in [2.45, 2.75) is 51.4 Å². The predicted molar refractivity (Wildman–Crippen MR) is 129 cm³/mol. The lowest BCUT2D eigenvalue weighted by molar-refractivity contribution is 0.0686. The number of oxime groups is 1. The van der Waals surface area contributed by atoms with E-state index in [4.69, 9.17) is 9.26 Å². The Morgan fingerprint density at radius 2 is 1.68 bits per heavy atom. The Morgan fingerprint density at radius 1 is 1.06 bits per heavy atom. The molecule has 2 aromatic rings. The summed E-state index contributed by atoms with van der Waals surface area (Å²) in [5, 5.41) is 4.25. The second-order valence-electron chi connectivity index (χ2n) is 9.65. The molecule has 1 atom stereocenters. The molecule has 1 aliphatic rings. The van der Waals surface area contributed by atoms with Crippen molar-refractivity contribution in [1.82, 2.24) is 4.90 Å². The van der Waals surface area contributed by atoms with Crippen LogP contribution in [0.4, 0.5) is 0 Å². The molecule has 1 saturated heterocycles. The molecule has 0 radical (unpaired) electrons. The maximum atomic E-state index is 13.4. The van der Waals surface area contributed by atoms with E-state index < -0.39 is 8.32 Å². The van der Waals surface area contributed by atoms with Crippen LogP contribution < -0.4 is 0 Å². The zero-order chi connectivity index (χ0) is 22.6. The van der Waals surface area contributed by atoms with E-state index in [1.165, 1.54) is 0 Å². The zero-order valence-corrected chi connectivity index (χ0v) is 20.5. The van der Waals surface area contributed by atoms with Gasteiger partial charge in [0.25, 0.3) is 5.91 Å². The quantitative estimate of drug-likeness (QED) is 0.436. The summed E-state index contributed by atoms with van der Waals surface area (Å²) >= 11 is 0. The van der Waals surface area contributed by atoms with Gasteiger partial charge in [-0.05, 0) is 41.4 Å². The fourth-order valence-electron chi connectivity index (χ4n) is 3.48. The highest BCUT2D eigenvalue weighted by Gasteiger charge is 2.40. The summed E-state index contributed by atoms with van der Waals surface area (Å²) in [6.07, 6.45) is 0.677. The van der Waals surface area contributed by atoms with Gasteiger partial charge >= 0.3 is 0 Å². The first kappa shape index (κ1) is 23.2. The Bertz CT molecular complexity index is 918. The SMILES string of the molecule is CON=C1C[C@@H](CO[Si](C)(C)C(C)(C)C)N(C(=O)c2ccc(-c3ccccc3)cc2)C1. The molecule has 5 nitrogen and oxygen atoms in total. The van der Waals surface area contributed by atoms with Gasteiger partial charge in [0.15, 0.2) is 8.32 Å². The van der Waals surface area contributed by atoms with E-state index in [-0.39, 0.29) is 17.0 Å². The van der Waals surface area contributed by atoms with E-state index in [2.05, 4.69) is 51.2 Å². The van der Waals surface area contributed by atoms with Crippen molar-refractivity contribution in [3.05, 3.63) is 60.2 Å². The lowest BCUT2D eigenvalue weighted by Gasteiger charge is -2.37. The van der Waals surface area contributed by atoms with Gasteiger partial charge in [0.05, 0.1) is 24.9 Å². The molecule has 0 bridgehead atoms. The number of carbonyl (C=O) groups excluding carboxylic acids is 1. The molecule has 3 rings (SSSR count). The Labute approximate surface area is 187 Å². The van der Waals surface area contributed by atoms with Gasteiger partial charge in [-0.25, -0.2) is 0 Å². The minimum Gasteiger partial charge on any atom is -0.415 e. The molecular formula is C25H34N2O3Si. The predicted octanol–water partition coefficient (Wildman–Crippen LogP) is 5.59. The molecule has 0 aliphatic carbocycles. The molecule has 6 heteroatoms. The average Bonchev–Trinajstić information content (AvgIpc) is 3.15. The Kier molecular flexibility index (Phi) is 7.02. The third-order valence-electron chi connectivity index (χ3n) is 6.43. The summed E-state index contributed by atoms with van der Waals surface area (Å²) in [4.78, 5) is 20.2. The number of nitrogens with zero attached hydrogens (tertiary/aromatic N) is 2. The van der Waals surface area contributed by atoms with Crippen LogP contribution in [-0.2, 0) is 9.26 Å². The summed E-state index contributed by atoms with van der Waals surface area (Å²) in [6, 6.07) is 17.9. The van der Waals surface area contributed by atoms with Gasteiger partial charge < -0.3 is 14.2 Å². The van der Waals surface area contributed by atoms with E-state index in [9.17, 15) is 4.79 Å². The van der Waals surface area contributed by atoms with Gasteiger partial charge in [0, 0.05) is 12.0 Å². The molecular weight excluding hydrogens is 404 g/mol. The van der Waals surface area contributed by atoms with Crippen molar-refractivity contribution in [3.8, 4) is 11.1 Å². The van der Waals surface area contributed by atoms with E-state index in [1.807, 2.05) is 47.4 Å².